The highest BCUT2D eigenvalue weighted by Crippen LogP contribution is 2.27. The van der Waals surface area contributed by atoms with E-state index in [1.54, 1.807) is 50.0 Å². The van der Waals surface area contributed by atoms with Crippen LogP contribution in [0.2, 0.25) is 4.47 Å². The van der Waals surface area contributed by atoms with Crippen LogP contribution in [0.3, 0.4) is 0 Å². The lowest BCUT2D eigenvalue weighted by Gasteiger charge is -2.11. The third kappa shape index (κ3) is 6.25. The van der Waals surface area contributed by atoms with Crippen molar-refractivity contribution in [3.63, 3.8) is 0 Å². The Balaban J connectivity index is 1.33. The summed E-state index contributed by atoms with van der Waals surface area (Å²) in [5.74, 6) is 0.517. The summed E-state index contributed by atoms with van der Waals surface area (Å²) in [4.78, 5) is 18.2. The maximum absolute atomic E-state index is 13.1. The van der Waals surface area contributed by atoms with Crippen molar-refractivity contribution in [2.75, 3.05) is 11.8 Å². The molecule has 0 atom stereocenters. The van der Waals surface area contributed by atoms with Gasteiger partial charge in [-0.3, -0.25) is 14.7 Å². The van der Waals surface area contributed by atoms with Gasteiger partial charge >= 0.3 is 0 Å². The molecule has 40 heavy (non-hydrogen) atoms. The maximum atomic E-state index is 13.1. The molecule has 0 bridgehead atoms. The largest absolute Gasteiger partial charge is 0.488 e. The van der Waals surface area contributed by atoms with Crippen molar-refractivity contribution in [2.24, 2.45) is 0 Å². The average Bonchev–Trinajstić information content (AvgIpc) is 3.39. The first kappa shape index (κ1) is 27.2. The fourth-order valence-electron chi connectivity index (χ4n) is 3.76. The number of nitrogens with one attached hydrogen (secondary N) is 3. The van der Waals surface area contributed by atoms with Crippen LogP contribution in [0.5, 0.6) is 5.75 Å². The summed E-state index contributed by atoms with van der Waals surface area (Å²) < 4.78 is 34.8. The molecule has 2 aromatic carbocycles. The van der Waals surface area contributed by atoms with Gasteiger partial charge in [-0.1, -0.05) is 17.7 Å². The van der Waals surface area contributed by atoms with Gasteiger partial charge in [-0.05, 0) is 48.0 Å². The van der Waals surface area contributed by atoms with Crippen LogP contribution in [-0.4, -0.2) is 41.6 Å². The second kappa shape index (κ2) is 11.8. The SMILES string of the molecule is CN/C=C(\C=N)c1cnc2ccc(-c3cncc(NS(=O)(=O)c4ccc(OCc5cnc(Cl)s5)cc4)c3)cc2n1. The van der Waals surface area contributed by atoms with Crippen molar-refractivity contribution in [2.45, 2.75) is 11.5 Å². The molecule has 0 aliphatic rings. The zero-order valence-corrected chi connectivity index (χ0v) is 23.4. The Bertz CT molecular complexity index is 1820. The minimum Gasteiger partial charge on any atom is -0.488 e. The number of hydrogen-bond acceptors (Lipinski definition) is 10. The lowest BCUT2D eigenvalue weighted by Crippen LogP contribution is -2.13. The van der Waals surface area contributed by atoms with Crippen LogP contribution in [0, 0.1) is 5.41 Å². The Morgan fingerprint density at radius 2 is 1.85 bits per heavy atom. The van der Waals surface area contributed by atoms with E-state index in [0.29, 0.717) is 43.8 Å². The second-order valence-corrected chi connectivity index (χ2v) is 11.8. The van der Waals surface area contributed by atoms with Gasteiger partial charge in [0.05, 0.1) is 44.6 Å². The number of nitrogens with zero attached hydrogens (tertiary/aromatic N) is 4. The Morgan fingerprint density at radius 1 is 1.02 bits per heavy atom. The van der Waals surface area contributed by atoms with Gasteiger partial charge in [-0.2, -0.15) is 0 Å². The zero-order chi connectivity index (χ0) is 28.1. The number of hydrogen-bond donors (Lipinski definition) is 3. The number of allylic oxidation sites excluding steroid dienone is 1. The number of thiazole rings is 1. The van der Waals surface area contributed by atoms with Gasteiger partial charge in [0.15, 0.2) is 4.47 Å². The van der Waals surface area contributed by atoms with E-state index in [4.69, 9.17) is 21.7 Å². The molecule has 5 aromatic rings. The highest BCUT2D eigenvalue weighted by Gasteiger charge is 2.15. The summed E-state index contributed by atoms with van der Waals surface area (Å²) in [5.41, 5.74) is 4.25. The standard InChI is InChI=1S/C27H22ClN7O3S2/c1-30-11-19(10-29)26-15-32-24-7-2-17(9-25(24)34-26)18-8-20(13-31-12-18)35-40(36,37)23-5-3-21(4-6-23)38-16-22-14-33-27(28)39-22/h2-15,29-30,35H,16H2,1H3/b19-11+,29-10?. The summed E-state index contributed by atoms with van der Waals surface area (Å²) in [6.07, 6.45) is 9.21. The number of ether oxygens (including phenoxy) is 1. The van der Waals surface area contributed by atoms with Crippen molar-refractivity contribution < 1.29 is 13.2 Å². The van der Waals surface area contributed by atoms with Crippen molar-refractivity contribution in [1.82, 2.24) is 25.3 Å². The summed E-state index contributed by atoms with van der Waals surface area (Å²) in [5, 5.41) is 10.5. The number of fused-ring (bicyclic) bond motifs is 1. The highest BCUT2D eigenvalue weighted by atomic mass is 35.5. The van der Waals surface area contributed by atoms with E-state index < -0.39 is 10.0 Å². The van der Waals surface area contributed by atoms with Gasteiger partial charge in [0.25, 0.3) is 10.0 Å². The number of pyridine rings is 1. The molecule has 5 rings (SSSR count). The molecule has 0 aliphatic heterocycles. The van der Waals surface area contributed by atoms with Crippen molar-refractivity contribution in [1.29, 1.82) is 5.41 Å². The fourth-order valence-corrected chi connectivity index (χ4v) is 5.69. The second-order valence-electron chi connectivity index (χ2n) is 8.40. The van der Waals surface area contributed by atoms with Crippen LogP contribution in [0.4, 0.5) is 5.69 Å². The smallest absolute Gasteiger partial charge is 0.261 e. The number of halogens is 1. The molecule has 0 spiro atoms. The maximum Gasteiger partial charge on any atom is 0.261 e. The van der Waals surface area contributed by atoms with Gasteiger partial charge in [0, 0.05) is 43.0 Å². The highest BCUT2D eigenvalue weighted by molar-refractivity contribution is 7.92. The Morgan fingerprint density at radius 3 is 2.58 bits per heavy atom. The van der Waals surface area contributed by atoms with Gasteiger partial charge in [-0.15, -0.1) is 11.3 Å². The molecule has 0 fully saturated rings. The van der Waals surface area contributed by atoms with Crippen molar-refractivity contribution in [3.05, 3.63) is 94.6 Å². The van der Waals surface area contributed by atoms with E-state index in [9.17, 15) is 8.42 Å². The van der Waals surface area contributed by atoms with E-state index in [2.05, 4.69) is 30.0 Å². The Kier molecular flexibility index (Phi) is 8.01. The van der Waals surface area contributed by atoms with Gasteiger partial charge < -0.3 is 15.5 Å². The molecule has 3 N–H and O–H groups in total. The molecular formula is C27H22ClN7O3S2. The van der Waals surface area contributed by atoms with Crippen molar-refractivity contribution in [3.8, 4) is 16.9 Å². The van der Waals surface area contributed by atoms with Crippen molar-refractivity contribution >= 4 is 61.5 Å². The van der Waals surface area contributed by atoms with E-state index in [1.807, 2.05) is 18.2 Å². The molecule has 0 unspecified atom stereocenters. The molecule has 3 aromatic heterocycles. The molecule has 0 radical (unpaired) electrons. The van der Waals surface area contributed by atoms with Crippen LogP contribution in [0.1, 0.15) is 10.6 Å². The summed E-state index contributed by atoms with van der Waals surface area (Å²) in [7, 11) is -2.13. The monoisotopic (exact) mass is 591 g/mol. The minimum absolute atomic E-state index is 0.0798. The lowest BCUT2D eigenvalue weighted by molar-refractivity contribution is 0.309. The third-order valence-electron chi connectivity index (χ3n) is 5.66. The van der Waals surface area contributed by atoms with Crippen LogP contribution in [0.25, 0.3) is 27.7 Å². The summed E-state index contributed by atoms with van der Waals surface area (Å²) in [6.45, 7) is 0.283. The summed E-state index contributed by atoms with van der Waals surface area (Å²) >= 11 is 7.15. The molecular weight excluding hydrogens is 570 g/mol. The average molecular weight is 592 g/mol. The van der Waals surface area contributed by atoms with Crippen LogP contribution < -0.4 is 14.8 Å². The van der Waals surface area contributed by atoms with E-state index in [0.717, 1.165) is 10.4 Å². The predicted molar refractivity (Wildman–Crippen MR) is 157 cm³/mol. The Hall–Kier alpha value is -4.39. The third-order valence-corrected chi connectivity index (χ3v) is 8.14. The first-order chi connectivity index (χ1) is 19.3. The first-order valence-electron chi connectivity index (χ1n) is 11.8. The number of rotatable bonds is 10. The zero-order valence-electron chi connectivity index (χ0n) is 21.0. The molecule has 13 heteroatoms. The number of aromatic nitrogens is 4. The van der Waals surface area contributed by atoms with Gasteiger partial charge in [-0.25, -0.2) is 18.4 Å². The molecule has 0 saturated heterocycles. The van der Waals surface area contributed by atoms with E-state index in [-0.39, 0.29) is 11.5 Å². The van der Waals surface area contributed by atoms with Gasteiger partial charge in [0.1, 0.15) is 12.4 Å². The van der Waals surface area contributed by atoms with Crippen LogP contribution >= 0.6 is 22.9 Å². The quantitative estimate of drug-likeness (QED) is 0.183. The normalized spacial score (nSPS) is 11.8. The topological polar surface area (TPSA) is 143 Å². The summed E-state index contributed by atoms with van der Waals surface area (Å²) in [6, 6.07) is 13.4. The molecule has 202 valence electrons. The molecule has 3 heterocycles. The number of benzene rings is 2. The lowest BCUT2D eigenvalue weighted by atomic mass is 10.1. The molecule has 0 amide bonds. The minimum atomic E-state index is -3.88. The van der Waals surface area contributed by atoms with Crippen LogP contribution in [0.15, 0.2) is 84.4 Å². The first-order valence-corrected chi connectivity index (χ1v) is 14.5. The van der Waals surface area contributed by atoms with E-state index in [1.165, 1.54) is 35.9 Å². The van der Waals surface area contributed by atoms with Crippen LogP contribution in [-0.2, 0) is 16.6 Å². The number of sulfonamides is 1. The fraction of sp³-hybridized carbons (Fsp3) is 0.0741. The van der Waals surface area contributed by atoms with Gasteiger partial charge in [0.2, 0.25) is 0 Å². The van der Waals surface area contributed by atoms with E-state index >= 15 is 0 Å². The Labute approximate surface area is 239 Å². The predicted octanol–water partition coefficient (Wildman–Crippen LogP) is 5.39. The molecule has 10 nitrogen and oxygen atoms in total. The molecule has 0 aliphatic carbocycles. The molecule has 0 saturated carbocycles. The number of anilines is 1.